The van der Waals surface area contributed by atoms with Crippen LogP contribution in [-0.2, 0) is 13.0 Å². The van der Waals surface area contributed by atoms with Crippen molar-refractivity contribution in [2.24, 2.45) is 0 Å². The van der Waals surface area contributed by atoms with E-state index in [0.29, 0.717) is 29.1 Å². The Balaban J connectivity index is 1.79. The number of nitrogens with zero attached hydrogens (tertiary/aromatic N) is 2. The van der Waals surface area contributed by atoms with Crippen LogP contribution >= 0.6 is 0 Å². The lowest BCUT2D eigenvalue weighted by atomic mass is 9.98. The molecule has 184 valence electrons. The first kappa shape index (κ1) is 24.6. The van der Waals surface area contributed by atoms with Crippen molar-refractivity contribution >= 4 is 16.8 Å². The number of aromatic hydroxyl groups is 1. The van der Waals surface area contributed by atoms with Crippen LogP contribution in [0.15, 0.2) is 45.6 Å². The molecule has 0 atom stereocenters. The lowest BCUT2D eigenvalue weighted by Crippen LogP contribution is -2.27. The maximum absolute atomic E-state index is 13.6. The van der Waals surface area contributed by atoms with Gasteiger partial charge < -0.3 is 19.0 Å². The second kappa shape index (κ2) is 9.62. The predicted octanol–water partition coefficient (Wildman–Crippen LogP) is 4.59. The molecule has 0 aliphatic heterocycles. The summed E-state index contributed by atoms with van der Waals surface area (Å²) < 4.78 is 17.5. The molecule has 0 saturated carbocycles. The summed E-state index contributed by atoms with van der Waals surface area (Å²) in [6, 6.07) is 12.8. The van der Waals surface area contributed by atoms with E-state index < -0.39 is 17.2 Å². The Morgan fingerprint density at radius 3 is 2.44 bits per heavy atom. The Kier molecular flexibility index (Phi) is 6.58. The quantitative estimate of drug-likeness (QED) is 0.380. The number of nitriles is 1. The van der Waals surface area contributed by atoms with E-state index >= 15 is 0 Å². The number of aromatic nitrogens is 1. The summed E-state index contributed by atoms with van der Waals surface area (Å²) in [6.07, 6.45) is 0.332. The van der Waals surface area contributed by atoms with E-state index in [9.17, 15) is 20.0 Å². The van der Waals surface area contributed by atoms with Crippen LogP contribution in [0.1, 0.15) is 43.9 Å². The largest absolute Gasteiger partial charge is 0.494 e. The molecule has 0 bridgehead atoms. The smallest absolute Gasteiger partial charge is 0.271 e. The molecule has 0 spiro atoms. The number of carbonyl (C=O) groups excluding carboxylic acids is 1. The number of hydrogen-bond donors (Lipinski definition) is 1. The predicted molar refractivity (Wildman–Crippen MR) is 134 cm³/mol. The number of ketones is 1. The number of benzene rings is 2. The molecule has 8 heteroatoms. The van der Waals surface area contributed by atoms with E-state index in [0.717, 1.165) is 21.1 Å². The standard InChI is InChI=1S/C28H26N2O6/c1-15-6-8-19-17(3)26(36-22(19)12-15)25(31)24-16(2)20(14-29)27(32)30(28(24)33)11-10-18-7-9-21(34-4)23(13-18)35-5/h6-9,12-13,33H,10-11H2,1-5H3. The number of carbonyl (C=O) groups is 1. The lowest BCUT2D eigenvalue weighted by molar-refractivity contribution is 0.100. The van der Waals surface area contributed by atoms with Crippen LogP contribution < -0.4 is 15.0 Å². The first-order chi connectivity index (χ1) is 17.2. The van der Waals surface area contributed by atoms with Crippen molar-refractivity contribution in [3.63, 3.8) is 0 Å². The van der Waals surface area contributed by atoms with Gasteiger partial charge in [0.25, 0.3) is 5.56 Å². The van der Waals surface area contributed by atoms with Crippen molar-refractivity contribution in [1.29, 1.82) is 5.26 Å². The number of methoxy groups -OCH3 is 2. The molecule has 0 unspecified atom stereocenters. The van der Waals surface area contributed by atoms with Gasteiger partial charge in [-0.25, -0.2) is 0 Å². The maximum Gasteiger partial charge on any atom is 0.271 e. The normalized spacial score (nSPS) is 10.9. The molecule has 2 aromatic carbocycles. The lowest BCUT2D eigenvalue weighted by Gasteiger charge is -2.16. The fraction of sp³-hybridized carbons (Fsp3) is 0.250. The molecule has 0 aliphatic rings. The van der Waals surface area contributed by atoms with Crippen molar-refractivity contribution in [1.82, 2.24) is 4.57 Å². The summed E-state index contributed by atoms with van der Waals surface area (Å²) in [6.45, 7) is 5.20. The highest BCUT2D eigenvalue weighted by Crippen LogP contribution is 2.32. The van der Waals surface area contributed by atoms with E-state index in [4.69, 9.17) is 13.9 Å². The van der Waals surface area contributed by atoms with Crippen molar-refractivity contribution < 1.29 is 23.8 Å². The van der Waals surface area contributed by atoms with Gasteiger partial charge in [0, 0.05) is 17.5 Å². The van der Waals surface area contributed by atoms with E-state index in [1.165, 1.54) is 21.1 Å². The zero-order valence-corrected chi connectivity index (χ0v) is 20.8. The summed E-state index contributed by atoms with van der Waals surface area (Å²) in [5, 5.41) is 21.6. The van der Waals surface area contributed by atoms with Crippen LogP contribution in [0.5, 0.6) is 17.4 Å². The third-order valence-electron chi connectivity index (χ3n) is 6.40. The van der Waals surface area contributed by atoms with Crippen LogP contribution in [0.25, 0.3) is 11.0 Å². The Morgan fingerprint density at radius 2 is 1.78 bits per heavy atom. The number of ether oxygens (including phenoxy) is 2. The summed E-state index contributed by atoms with van der Waals surface area (Å²) in [5.74, 6) is 0.0565. The first-order valence-electron chi connectivity index (χ1n) is 11.3. The minimum Gasteiger partial charge on any atom is -0.494 e. The van der Waals surface area contributed by atoms with E-state index in [1.807, 2.05) is 37.3 Å². The Morgan fingerprint density at radius 1 is 1.06 bits per heavy atom. The second-order valence-corrected chi connectivity index (χ2v) is 8.59. The monoisotopic (exact) mass is 486 g/mol. The fourth-order valence-corrected chi connectivity index (χ4v) is 4.37. The molecule has 2 aromatic heterocycles. The molecule has 0 amide bonds. The molecule has 0 aliphatic carbocycles. The van der Waals surface area contributed by atoms with Gasteiger partial charge in [-0.1, -0.05) is 18.2 Å². The number of fused-ring (bicyclic) bond motifs is 1. The number of pyridine rings is 1. The first-order valence-corrected chi connectivity index (χ1v) is 11.3. The minimum atomic E-state index is -0.665. The van der Waals surface area contributed by atoms with Crippen molar-refractivity contribution in [2.45, 2.75) is 33.7 Å². The molecular weight excluding hydrogens is 460 g/mol. The molecule has 8 nitrogen and oxygen atoms in total. The average Bonchev–Trinajstić information content (AvgIpc) is 3.19. The van der Waals surface area contributed by atoms with E-state index in [-0.39, 0.29) is 29.0 Å². The average molecular weight is 487 g/mol. The number of furan rings is 1. The van der Waals surface area contributed by atoms with Crippen LogP contribution in [0.2, 0.25) is 0 Å². The van der Waals surface area contributed by atoms with Gasteiger partial charge in [0.2, 0.25) is 11.7 Å². The van der Waals surface area contributed by atoms with E-state index in [2.05, 4.69) is 0 Å². The highest BCUT2D eigenvalue weighted by Gasteiger charge is 2.28. The summed E-state index contributed by atoms with van der Waals surface area (Å²) in [7, 11) is 3.06. The number of hydrogen-bond acceptors (Lipinski definition) is 7. The molecule has 36 heavy (non-hydrogen) atoms. The molecule has 0 saturated heterocycles. The van der Waals surface area contributed by atoms with Gasteiger partial charge in [-0.3, -0.25) is 14.2 Å². The Bertz CT molecular complexity index is 1600. The zero-order chi connectivity index (χ0) is 26.1. The van der Waals surface area contributed by atoms with Crippen molar-refractivity contribution in [2.75, 3.05) is 14.2 Å². The van der Waals surface area contributed by atoms with E-state index in [1.54, 1.807) is 19.1 Å². The molecule has 2 heterocycles. The molecular formula is C28H26N2O6. The number of aryl methyl sites for hydroxylation is 3. The van der Waals surface area contributed by atoms with Crippen LogP contribution in [-0.4, -0.2) is 29.7 Å². The van der Waals surface area contributed by atoms with Crippen LogP contribution in [0.4, 0.5) is 0 Å². The van der Waals surface area contributed by atoms with Gasteiger partial charge >= 0.3 is 0 Å². The van der Waals surface area contributed by atoms with Crippen LogP contribution in [0.3, 0.4) is 0 Å². The maximum atomic E-state index is 13.6. The van der Waals surface area contributed by atoms with Gasteiger partial charge in [0.1, 0.15) is 17.2 Å². The topological polar surface area (TPSA) is 115 Å². The fourth-order valence-electron chi connectivity index (χ4n) is 4.37. The summed E-state index contributed by atoms with van der Waals surface area (Å²) in [4.78, 5) is 26.7. The third kappa shape index (κ3) is 4.09. The highest BCUT2D eigenvalue weighted by atomic mass is 16.5. The molecule has 0 fully saturated rings. The summed E-state index contributed by atoms with van der Waals surface area (Å²) in [5.41, 5.74) is 2.08. The van der Waals surface area contributed by atoms with Crippen LogP contribution in [0, 0.1) is 32.1 Å². The molecule has 4 rings (SSSR count). The summed E-state index contributed by atoms with van der Waals surface area (Å²) >= 11 is 0. The molecule has 0 radical (unpaired) electrons. The van der Waals surface area contributed by atoms with Gasteiger partial charge in [0.05, 0.1) is 19.8 Å². The third-order valence-corrected chi connectivity index (χ3v) is 6.40. The van der Waals surface area contributed by atoms with Gasteiger partial charge in [0.15, 0.2) is 17.3 Å². The van der Waals surface area contributed by atoms with Crippen molar-refractivity contribution in [3.05, 3.63) is 85.9 Å². The Hall–Kier alpha value is -4.51. The SMILES string of the molecule is COc1ccc(CCn2c(O)c(C(=O)c3oc4cc(C)ccc4c3C)c(C)c(C#N)c2=O)cc1OC. The van der Waals surface area contributed by atoms with Crippen molar-refractivity contribution in [3.8, 4) is 23.4 Å². The molecule has 4 aromatic rings. The van der Waals surface area contributed by atoms with Gasteiger partial charge in [-0.15, -0.1) is 0 Å². The highest BCUT2D eigenvalue weighted by molar-refractivity contribution is 6.12. The van der Waals surface area contributed by atoms with Gasteiger partial charge in [-0.05, 0) is 62.1 Å². The van der Waals surface area contributed by atoms with Gasteiger partial charge in [-0.2, -0.15) is 5.26 Å². The molecule has 1 N–H and O–H groups in total. The number of rotatable bonds is 7. The second-order valence-electron chi connectivity index (χ2n) is 8.59. The Labute approximate surface area is 207 Å². The minimum absolute atomic E-state index is 0.0354. The zero-order valence-electron chi connectivity index (χ0n) is 20.8.